The summed E-state index contributed by atoms with van der Waals surface area (Å²) in [5, 5.41) is 11.4. The third-order valence-corrected chi connectivity index (χ3v) is 3.72. The van der Waals surface area contributed by atoms with Crippen molar-refractivity contribution in [1.82, 2.24) is 4.98 Å². The first-order valence-electron chi connectivity index (χ1n) is 7.00. The van der Waals surface area contributed by atoms with Crippen LogP contribution in [0.15, 0.2) is 12.1 Å². The number of carbonyl (C=O) groups excluding carboxylic acids is 2. The Morgan fingerprint density at radius 3 is 2.82 bits per heavy atom. The first-order chi connectivity index (χ1) is 10.6. The zero-order chi connectivity index (χ0) is 15.9. The van der Waals surface area contributed by atoms with Crippen molar-refractivity contribution in [2.75, 3.05) is 13.7 Å². The number of nitrogens with zero attached hydrogens (tertiary/aromatic N) is 1. The lowest BCUT2D eigenvalue weighted by Crippen LogP contribution is -2.08. The fourth-order valence-corrected chi connectivity index (χ4v) is 2.77. The number of phenolic OH excluding ortho intramolecular Hbond substituents is 1. The van der Waals surface area contributed by atoms with Crippen molar-refractivity contribution >= 4 is 22.5 Å². The number of pyridine rings is 1. The highest BCUT2D eigenvalue weighted by Gasteiger charge is 2.27. The fourth-order valence-electron chi connectivity index (χ4n) is 2.77. The fraction of sp³-hybridized carbons (Fsp3) is 0.312. The van der Waals surface area contributed by atoms with Crippen LogP contribution >= 0.6 is 0 Å². The summed E-state index contributed by atoms with van der Waals surface area (Å²) in [5.74, 6) is -0.681. The highest BCUT2D eigenvalue weighted by Crippen LogP contribution is 2.40. The maximum absolute atomic E-state index is 11.9. The molecule has 0 radical (unpaired) electrons. The van der Waals surface area contributed by atoms with E-state index in [0.717, 1.165) is 5.56 Å². The predicted molar refractivity (Wildman–Crippen MR) is 78.6 cm³/mol. The molecule has 6 nitrogen and oxygen atoms in total. The molecule has 3 rings (SSSR count). The number of hydrogen-bond donors (Lipinski definition) is 1. The number of ketones is 1. The van der Waals surface area contributed by atoms with Crippen LogP contribution in [-0.2, 0) is 11.2 Å². The molecular formula is C16H15NO5. The molecule has 1 aromatic heterocycles. The van der Waals surface area contributed by atoms with Gasteiger partial charge in [-0.15, -0.1) is 0 Å². The van der Waals surface area contributed by atoms with E-state index >= 15 is 0 Å². The quantitative estimate of drug-likeness (QED) is 0.875. The molecule has 0 unspecified atom stereocenters. The average Bonchev–Trinajstić information content (AvgIpc) is 2.87. The maximum Gasteiger partial charge on any atom is 0.357 e. The smallest absolute Gasteiger partial charge is 0.357 e. The molecule has 0 amide bonds. The molecule has 0 spiro atoms. The number of fused-ring (bicyclic) bond motifs is 2. The second-order valence-electron chi connectivity index (χ2n) is 5.02. The number of ether oxygens (including phenoxy) is 2. The van der Waals surface area contributed by atoms with Crippen molar-refractivity contribution in [3.8, 4) is 11.6 Å². The number of aromatic nitrogens is 1. The lowest BCUT2D eigenvalue weighted by molar-refractivity contribution is 0.0518. The standard InChI is InChI=1S/C16H15NO5/c1-3-22-16(20)10-7-9-6-8-4-5-11(18)12(8)14(19)13(9)15(17-10)21-2/h6-7,19H,3-5H2,1-2H3. The molecule has 0 saturated carbocycles. The minimum Gasteiger partial charge on any atom is -0.506 e. The first kappa shape index (κ1) is 14.3. The number of esters is 1. The molecule has 1 aliphatic rings. The van der Waals surface area contributed by atoms with E-state index in [1.165, 1.54) is 7.11 Å². The number of rotatable bonds is 3. The van der Waals surface area contributed by atoms with Gasteiger partial charge in [-0.2, -0.15) is 0 Å². The van der Waals surface area contributed by atoms with Crippen LogP contribution in [0.25, 0.3) is 10.8 Å². The Labute approximate surface area is 126 Å². The molecule has 0 bridgehead atoms. The van der Waals surface area contributed by atoms with Crippen LogP contribution in [0.1, 0.15) is 39.8 Å². The van der Waals surface area contributed by atoms with E-state index in [1.807, 2.05) is 0 Å². The Hall–Kier alpha value is -2.63. The highest BCUT2D eigenvalue weighted by atomic mass is 16.5. The van der Waals surface area contributed by atoms with Crippen LogP contribution in [0.2, 0.25) is 0 Å². The summed E-state index contributed by atoms with van der Waals surface area (Å²) in [6.45, 7) is 1.95. The zero-order valence-corrected chi connectivity index (χ0v) is 12.3. The predicted octanol–water partition coefficient (Wildman–Crippen LogP) is 2.25. The van der Waals surface area contributed by atoms with E-state index in [2.05, 4.69) is 4.98 Å². The minimum absolute atomic E-state index is 0.0917. The summed E-state index contributed by atoms with van der Waals surface area (Å²) >= 11 is 0. The Kier molecular flexibility index (Phi) is 3.44. The van der Waals surface area contributed by atoms with Crippen molar-refractivity contribution in [1.29, 1.82) is 0 Å². The monoisotopic (exact) mass is 301 g/mol. The summed E-state index contributed by atoms with van der Waals surface area (Å²) in [6.07, 6.45) is 0.955. The molecule has 22 heavy (non-hydrogen) atoms. The SMILES string of the molecule is CCOC(=O)c1cc2cc3c(c(O)c2c(OC)n1)C(=O)CC3. The van der Waals surface area contributed by atoms with Crippen molar-refractivity contribution in [2.45, 2.75) is 19.8 Å². The molecule has 114 valence electrons. The largest absolute Gasteiger partial charge is 0.506 e. The summed E-state index contributed by atoms with van der Waals surface area (Å²) in [4.78, 5) is 27.8. The molecule has 2 aromatic rings. The third kappa shape index (κ3) is 2.07. The summed E-state index contributed by atoms with van der Waals surface area (Å²) in [7, 11) is 1.39. The van der Waals surface area contributed by atoms with Crippen molar-refractivity contribution in [2.24, 2.45) is 0 Å². The van der Waals surface area contributed by atoms with E-state index in [1.54, 1.807) is 19.1 Å². The Morgan fingerprint density at radius 2 is 2.14 bits per heavy atom. The van der Waals surface area contributed by atoms with E-state index in [0.29, 0.717) is 29.2 Å². The van der Waals surface area contributed by atoms with Crippen LogP contribution in [0.4, 0.5) is 0 Å². The molecular weight excluding hydrogens is 286 g/mol. The van der Waals surface area contributed by atoms with Crippen LogP contribution in [0, 0.1) is 0 Å². The van der Waals surface area contributed by atoms with Crippen LogP contribution in [-0.4, -0.2) is 35.6 Å². The number of aromatic hydroxyl groups is 1. The second-order valence-corrected chi connectivity index (χ2v) is 5.02. The molecule has 0 aliphatic heterocycles. The maximum atomic E-state index is 11.9. The highest BCUT2D eigenvalue weighted by molar-refractivity contribution is 6.10. The topological polar surface area (TPSA) is 85.7 Å². The van der Waals surface area contributed by atoms with Gasteiger partial charge in [0.25, 0.3) is 0 Å². The second kappa shape index (κ2) is 5.29. The number of aryl methyl sites for hydroxylation is 1. The Balaban J connectivity index is 2.28. The summed E-state index contributed by atoms with van der Waals surface area (Å²) < 4.78 is 10.1. The lowest BCUT2D eigenvalue weighted by atomic mass is 10.0. The van der Waals surface area contributed by atoms with Gasteiger partial charge in [0.2, 0.25) is 5.88 Å². The van der Waals surface area contributed by atoms with E-state index in [-0.39, 0.29) is 29.7 Å². The molecule has 1 heterocycles. The summed E-state index contributed by atoms with van der Waals surface area (Å²) in [6, 6.07) is 3.33. The Morgan fingerprint density at radius 1 is 1.36 bits per heavy atom. The minimum atomic E-state index is -0.557. The third-order valence-electron chi connectivity index (χ3n) is 3.72. The van der Waals surface area contributed by atoms with Gasteiger partial charge in [-0.05, 0) is 36.4 Å². The molecule has 0 atom stereocenters. The zero-order valence-electron chi connectivity index (χ0n) is 12.3. The number of hydrogen-bond acceptors (Lipinski definition) is 6. The van der Waals surface area contributed by atoms with Gasteiger partial charge in [0.15, 0.2) is 11.5 Å². The normalized spacial score (nSPS) is 13.3. The number of carbonyl (C=O) groups is 2. The van der Waals surface area contributed by atoms with Crippen LogP contribution in [0.3, 0.4) is 0 Å². The number of Topliss-reactive ketones (excluding diaryl/α,β-unsaturated/α-hetero) is 1. The van der Waals surface area contributed by atoms with E-state index in [9.17, 15) is 14.7 Å². The van der Waals surface area contributed by atoms with Gasteiger partial charge in [-0.25, -0.2) is 9.78 Å². The van der Waals surface area contributed by atoms with Gasteiger partial charge in [-0.1, -0.05) is 0 Å². The molecule has 1 N–H and O–H groups in total. The number of phenols is 1. The molecule has 6 heteroatoms. The van der Waals surface area contributed by atoms with E-state index in [4.69, 9.17) is 9.47 Å². The van der Waals surface area contributed by atoms with Crippen LogP contribution in [0.5, 0.6) is 11.6 Å². The Bertz CT molecular complexity index is 797. The van der Waals surface area contributed by atoms with Crippen molar-refractivity contribution in [3.05, 3.63) is 29.0 Å². The van der Waals surface area contributed by atoms with Gasteiger partial charge in [0, 0.05) is 6.42 Å². The van der Waals surface area contributed by atoms with E-state index < -0.39 is 5.97 Å². The number of benzene rings is 1. The van der Waals surface area contributed by atoms with Gasteiger partial charge in [-0.3, -0.25) is 4.79 Å². The summed E-state index contributed by atoms with van der Waals surface area (Å²) in [5.41, 5.74) is 1.21. The van der Waals surface area contributed by atoms with Gasteiger partial charge in [0.1, 0.15) is 5.75 Å². The molecule has 0 saturated heterocycles. The van der Waals surface area contributed by atoms with Crippen LogP contribution < -0.4 is 4.74 Å². The first-order valence-corrected chi connectivity index (χ1v) is 7.00. The van der Waals surface area contributed by atoms with Crippen molar-refractivity contribution < 1.29 is 24.2 Å². The molecule has 0 fully saturated rings. The van der Waals surface area contributed by atoms with Gasteiger partial charge in [0.05, 0.1) is 24.7 Å². The molecule has 1 aromatic carbocycles. The van der Waals surface area contributed by atoms with Crippen molar-refractivity contribution in [3.63, 3.8) is 0 Å². The average molecular weight is 301 g/mol. The van der Waals surface area contributed by atoms with Gasteiger partial charge >= 0.3 is 5.97 Å². The molecule has 1 aliphatic carbocycles. The number of methoxy groups -OCH3 is 1. The lowest BCUT2D eigenvalue weighted by Gasteiger charge is -2.12. The van der Waals surface area contributed by atoms with Gasteiger partial charge < -0.3 is 14.6 Å².